The van der Waals surface area contributed by atoms with Gasteiger partial charge in [0.1, 0.15) is 0 Å². The maximum absolute atomic E-state index is 12.4. The van der Waals surface area contributed by atoms with Gasteiger partial charge in [0.2, 0.25) is 0 Å². The molecule has 1 aromatic rings. The highest BCUT2D eigenvalue weighted by molar-refractivity contribution is 5.95. The predicted octanol–water partition coefficient (Wildman–Crippen LogP) is 2.72. The minimum Gasteiger partial charge on any atom is -0.351 e. The first-order chi connectivity index (χ1) is 10.5. The first-order valence-corrected chi connectivity index (χ1v) is 8.23. The molecule has 0 aromatic heterocycles. The number of carbonyl (C=O) groups excluding carboxylic acids is 1. The summed E-state index contributed by atoms with van der Waals surface area (Å²) in [5.41, 5.74) is 1.89. The highest BCUT2D eigenvalue weighted by Crippen LogP contribution is 2.09. The van der Waals surface area contributed by atoms with Gasteiger partial charge in [-0.1, -0.05) is 18.2 Å². The highest BCUT2D eigenvalue weighted by atomic mass is 35.5. The number of hydrogen-bond donors (Lipinski definition) is 2. The van der Waals surface area contributed by atoms with E-state index in [-0.39, 0.29) is 18.3 Å². The molecule has 4 nitrogen and oxygen atoms in total. The molecule has 1 aromatic carbocycles. The lowest BCUT2D eigenvalue weighted by Gasteiger charge is -2.30. The molecule has 1 amide bonds. The van der Waals surface area contributed by atoms with Crippen molar-refractivity contribution in [2.24, 2.45) is 0 Å². The Labute approximate surface area is 147 Å². The Balaban J connectivity index is 0.00000484. The molecule has 2 N–H and O–H groups in total. The van der Waals surface area contributed by atoms with Crippen LogP contribution in [0, 0.1) is 0 Å². The zero-order valence-corrected chi connectivity index (χ0v) is 15.9. The second-order valence-corrected chi connectivity index (χ2v) is 6.19. The van der Waals surface area contributed by atoms with Gasteiger partial charge in [-0.2, -0.15) is 0 Å². The average molecular weight is 342 g/mol. The third kappa shape index (κ3) is 7.34. The van der Waals surface area contributed by atoms with Crippen LogP contribution >= 0.6 is 12.4 Å². The zero-order valence-electron chi connectivity index (χ0n) is 15.1. The molecule has 0 radical (unpaired) electrons. The van der Waals surface area contributed by atoms with Gasteiger partial charge in [-0.3, -0.25) is 9.69 Å². The van der Waals surface area contributed by atoms with E-state index in [2.05, 4.69) is 43.2 Å². The van der Waals surface area contributed by atoms with Gasteiger partial charge < -0.3 is 10.6 Å². The third-order valence-corrected chi connectivity index (χ3v) is 3.89. The summed E-state index contributed by atoms with van der Waals surface area (Å²) in [6.45, 7) is 11.2. The Bertz CT molecular complexity index is 455. The second-order valence-electron chi connectivity index (χ2n) is 6.19. The predicted molar refractivity (Wildman–Crippen MR) is 101 cm³/mol. The monoisotopic (exact) mass is 341 g/mol. The molecule has 0 unspecified atom stereocenters. The van der Waals surface area contributed by atoms with Crippen molar-refractivity contribution in [2.45, 2.75) is 46.2 Å². The normalized spacial score (nSPS) is 11.0. The summed E-state index contributed by atoms with van der Waals surface area (Å²) in [5.74, 6) is 0.0270. The van der Waals surface area contributed by atoms with E-state index in [9.17, 15) is 4.79 Å². The van der Waals surface area contributed by atoms with Gasteiger partial charge in [-0.15, -0.1) is 12.4 Å². The number of carbonyl (C=O) groups is 1. The average Bonchev–Trinajstić information content (AvgIpc) is 2.48. The van der Waals surface area contributed by atoms with Crippen LogP contribution in [0.2, 0.25) is 0 Å². The van der Waals surface area contributed by atoms with Gasteiger partial charge in [-0.25, -0.2) is 0 Å². The summed E-state index contributed by atoms with van der Waals surface area (Å²) in [7, 11) is 1.93. The molecule has 0 aliphatic carbocycles. The molecule has 0 saturated heterocycles. The van der Waals surface area contributed by atoms with Crippen molar-refractivity contribution in [3.05, 3.63) is 35.4 Å². The van der Waals surface area contributed by atoms with Crippen molar-refractivity contribution < 1.29 is 4.79 Å². The molecule has 0 aliphatic rings. The first kappa shape index (κ1) is 21.9. The second kappa shape index (κ2) is 11.4. The van der Waals surface area contributed by atoms with Gasteiger partial charge in [0, 0.05) is 30.7 Å². The summed E-state index contributed by atoms with van der Waals surface area (Å²) in [6, 6.07) is 8.82. The van der Waals surface area contributed by atoms with E-state index in [4.69, 9.17) is 0 Å². The van der Waals surface area contributed by atoms with Crippen LogP contribution in [-0.2, 0) is 6.42 Å². The minimum absolute atomic E-state index is 0. The van der Waals surface area contributed by atoms with E-state index >= 15 is 0 Å². The molecule has 5 heteroatoms. The van der Waals surface area contributed by atoms with Crippen molar-refractivity contribution >= 4 is 18.3 Å². The number of amides is 1. The molecular formula is C18H32ClN3O. The van der Waals surface area contributed by atoms with Crippen LogP contribution in [0.4, 0.5) is 0 Å². The third-order valence-electron chi connectivity index (χ3n) is 3.89. The fourth-order valence-corrected chi connectivity index (χ4v) is 2.73. The SMILES string of the molecule is CNCCc1ccccc1C(=O)NCCN(C(C)C)C(C)C.Cl. The van der Waals surface area contributed by atoms with Crippen molar-refractivity contribution in [1.82, 2.24) is 15.5 Å². The zero-order chi connectivity index (χ0) is 16.5. The number of hydrogen-bond acceptors (Lipinski definition) is 3. The molecule has 0 spiro atoms. The molecule has 0 heterocycles. The van der Waals surface area contributed by atoms with Gasteiger partial charge >= 0.3 is 0 Å². The molecule has 0 atom stereocenters. The molecule has 0 saturated carbocycles. The van der Waals surface area contributed by atoms with Crippen LogP contribution < -0.4 is 10.6 Å². The summed E-state index contributed by atoms with van der Waals surface area (Å²) in [4.78, 5) is 14.8. The number of nitrogens with zero attached hydrogens (tertiary/aromatic N) is 1. The number of halogens is 1. The highest BCUT2D eigenvalue weighted by Gasteiger charge is 2.14. The van der Waals surface area contributed by atoms with Crippen molar-refractivity contribution in [3.8, 4) is 0 Å². The van der Waals surface area contributed by atoms with E-state index in [0.29, 0.717) is 18.6 Å². The topological polar surface area (TPSA) is 44.4 Å². The Kier molecular flexibility index (Phi) is 10.9. The summed E-state index contributed by atoms with van der Waals surface area (Å²) < 4.78 is 0. The fourth-order valence-electron chi connectivity index (χ4n) is 2.73. The molecular weight excluding hydrogens is 310 g/mol. The molecule has 132 valence electrons. The number of benzene rings is 1. The quantitative estimate of drug-likeness (QED) is 0.726. The van der Waals surface area contributed by atoms with Crippen LogP contribution in [-0.4, -0.2) is 49.6 Å². The van der Waals surface area contributed by atoms with Crippen LogP contribution in [0.1, 0.15) is 43.6 Å². The Hall–Kier alpha value is -1.10. The summed E-state index contributed by atoms with van der Waals surface area (Å²) in [6.07, 6.45) is 0.865. The van der Waals surface area contributed by atoms with Crippen molar-refractivity contribution in [1.29, 1.82) is 0 Å². The molecule has 0 bridgehead atoms. The van der Waals surface area contributed by atoms with Gasteiger partial charge in [0.25, 0.3) is 5.91 Å². The van der Waals surface area contributed by atoms with Crippen LogP contribution in [0.5, 0.6) is 0 Å². The van der Waals surface area contributed by atoms with Crippen LogP contribution in [0.15, 0.2) is 24.3 Å². The summed E-state index contributed by atoms with van der Waals surface area (Å²) in [5, 5.41) is 6.18. The lowest BCUT2D eigenvalue weighted by atomic mass is 10.0. The van der Waals surface area contributed by atoms with E-state index in [0.717, 1.165) is 30.6 Å². The maximum Gasteiger partial charge on any atom is 0.251 e. The Morgan fingerprint density at radius 2 is 1.70 bits per heavy atom. The van der Waals surface area contributed by atoms with Crippen LogP contribution in [0.3, 0.4) is 0 Å². The number of likely N-dealkylation sites (N-methyl/N-ethyl adjacent to an activating group) is 1. The number of nitrogens with one attached hydrogen (secondary N) is 2. The Morgan fingerprint density at radius 3 is 2.26 bits per heavy atom. The molecule has 0 aliphatic heterocycles. The molecule has 0 fully saturated rings. The van der Waals surface area contributed by atoms with Crippen LogP contribution in [0.25, 0.3) is 0 Å². The largest absolute Gasteiger partial charge is 0.351 e. The summed E-state index contributed by atoms with van der Waals surface area (Å²) >= 11 is 0. The van der Waals surface area contributed by atoms with Gasteiger partial charge in [0.15, 0.2) is 0 Å². The smallest absolute Gasteiger partial charge is 0.251 e. The fraction of sp³-hybridized carbons (Fsp3) is 0.611. The maximum atomic E-state index is 12.4. The van der Waals surface area contributed by atoms with E-state index < -0.39 is 0 Å². The lowest BCUT2D eigenvalue weighted by molar-refractivity contribution is 0.0938. The van der Waals surface area contributed by atoms with E-state index in [1.54, 1.807) is 0 Å². The van der Waals surface area contributed by atoms with E-state index in [1.807, 2.05) is 31.3 Å². The lowest BCUT2D eigenvalue weighted by Crippen LogP contribution is -2.42. The molecule has 23 heavy (non-hydrogen) atoms. The standard InChI is InChI=1S/C18H31N3O.ClH/c1-14(2)21(15(3)4)13-12-20-18(22)17-9-7-6-8-16(17)10-11-19-5;/h6-9,14-15,19H,10-13H2,1-5H3,(H,20,22);1H. The number of rotatable bonds is 9. The minimum atomic E-state index is 0. The molecule has 1 rings (SSSR count). The van der Waals surface area contributed by atoms with Crippen molar-refractivity contribution in [3.63, 3.8) is 0 Å². The van der Waals surface area contributed by atoms with Gasteiger partial charge in [-0.05, 0) is 59.3 Å². The van der Waals surface area contributed by atoms with Gasteiger partial charge in [0.05, 0.1) is 0 Å². The first-order valence-electron chi connectivity index (χ1n) is 8.23. The Morgan fingerprint density at radius 1 is 1.09 bits per heavy atom. The van der Waals surface area contributed by atoms with E-state index in [1.165, 1.54) is 0 Å². The van der Waals surface area contributed by atoms with Crippen molar-refractivity contribution in [2.75, 3.05) is 26.7 Å².